The Hall–Kier alpha value is -2.17. The number of hydrogen-bond acceptors (Lipinski definition) is 5. The summed E-state index contributed by atoms with van der Waals surface area (Å²) in [6, 6.07) is 3.92. The van der Waals surface area contributed by atoms with Crippen LogP contribution in [-0.4, -0.2) is 30.1 Å². The molecule has 114 valence electrons. The largest absolute Gasteiger partial charge is 0.466 e. The molecule has 0 unspecified atom stereocenters. The monoisotopic (exact) mass is 291 g/mol. The van der Waals surface area contributed by atoms with Crippen molar-refractivity contribution in [2.75, 3.05) is 13.2 Å². The number of esters is 2. The first-order chi connectivity index (χ1) is 10.1. The molecule has 1 rings (SSSR count). The molecule has 5 heteroatoms. The number of carbonyl (C=O) groups is 2. The van der Waals surface area contributed by atoms with E-state index in [2.05, 4.69) is 4.98 Å². The molecule has 0 aromatic carbocycles. The second-order valence-electron chi connectivity index (χ2n) is 4.59. The molecule has 0 N–H and O–H groups in total. The fourth-order valence-electron chi connectivity index (χ4n) is 1.53. The van der Waals surface area contributed by atoms with Gasteiger partial charge in [-0.1, -0.05) is 18.2 Å². The molecule has 0 aliphatic carbocycles. The van der Waals surface area contributed by atoms with E-state index in [1.54, 1.807) is 6.20 Å². The zero-order valence-electron chi connectivity index (χ0n) is 12.5. The second kappa shape index (κ2) is 9.69. The van der Waals surface area contributed by atoms with Crippen LogP contribution in [-0.2, 0) is 19.1 Å². The van der Waals surface area contributed by atoms with Crippen LogP contribution >= 0.6 is 0 Å². The highest BCUT2D eigenvalue weighted by Crippen LogP contribution is 2.04. The van der Waals surface area contributed by atoms with E-state index < -0.39 is 0 Å². The Morgan fingerprint density at radius 3 is 2.67 bits per heavy atom. The lowest BCUT2D eigenvalue weighted by molar-refractivity contribution is -0.145. The molecular weight excluding hydrogens is 270 g/mol. The fourth-order valence-corrected chi connectivity index (χ4v) is 1.53. The average Bonchev–Trinajstić information content (AvgIpc) is 2.45. The molecule has 0 saturated heterocycles. The minimum atomic E-state index is -0.322. The summed E-state index contributed by atoms with van der Waals surface area (Å²) in [6.07, 6.45) is 7.13. The lowest BCUT2D eigenvalue weighted by Gasteiger charge is -2.04. The highest BCUT2D eigenvalue weighted by atomic mass is 16.5. The van der Waals surface area contributed by atoms with E-state index in [0.717, 1.165) is 11.3 Å². The van der Waals surface area contributed by atoms with Crippen molar-refractivity contribution in [2.45, 2.75) is 33.1 Å². The number of rotatable bonds is 8. The molecule has 0 radical (unpaired) electrons. The van der Waals surface area contributed by atoms with Crippen LogP contribution in [0.3, 0.4) is 0 Å². The van der Waals surface area contributed by atoms with Crippen molar-refractivity contribution in [3.63, 3.8) is 0 Å². The van der Waals surface area contributed by atoms with Crippen molar-refractivity contribution in [3.8, 4) is 0 Å². The van der Waals surface area contributed by atoms with E-state index >= 15 is 0 Å². The predicted octanol–water partition coefficient (Wildman–Crippen LogP) is 2.68. The molecule has 1 aromatic rings. The number of aryl methyl sites for hydroxylation is 1. The van der Waals surface area contributed by atoms with Gasteiger partial charge in [0.15, 0.2) is 0 Å². The van der Waals surface area contributed by atoms with Crippen LogP contribution in [0.4, 0.5) is 0 Å². The zero-order chi connectivity index (χ0) is 15.5. The van der Waals surface area contributed by atoms with Gasteiger partial charge in [0.2, 0.25) is 0 Å². The molecule has 0 fully saturated rings. The lowest BCUT2D eigenvalue weighted by atomic mass is 10.2. The quantitative estimate of drug-likeness (QED) is 0.544. The summed E-state index contributed by atoms with van der Waals surface area (Å²) in [5.74, 6) is -0.568. The van der Waals surface area contributed by atoms with Gasteiger partial charge < -0.3 is 9.47 Å². The molecular formula is C16H21NO4. The third kappa shape index (κ3) is 8.57. The highest BCUT2D eigenvalue weighted by molar-refractivity contribution is 5.69. The van der Waals surface area contributed by atoms with Gasteiger partial charge in [-0.3, -0.25) is 14.6 Å². The minimum Gasteiger partial charge on any atom is -0.466 e. The van der Waals surface area contributed by atoms with Crippen LogP contribution in [0, 0.1) is 6.92 Å². The van der Waals surface area contributed by atoms with Crippen LogP contribution in [0.5, 0.6) is 0 Å². The maximum Gasteiger partial charge on any atom is 0.306 e. The Balaban J connectivity index is 2.10. The van der Waals surface area contributed by atoms with E-state index in [9.17, 15) is 9.59 Å². The van der Waals surface area contributed by atoms with Crippen LogP contribution in [0.1, 0.15) is 37.4 Å². The summed E-state index contributed by atoms with van der Waals surface area (Å²) in [5.41, 5.74) is 1.99. The van der Waals surface area contributed by atoms with Crippen LogP contribution in [0.2, 0.25) is 0 Å². The molecule has 1 heterocycles. The number of aromatic nitrogens is 1. The fraction of sp³-hybridized carbons (Fsp3) is 0.438. The molecule has 0 saturated carbocycles. The summed E-state index contributed by atoms with van der Waals surface area (Å²) in [6.45, 7) is 3.84. The van der Waals surface area contributed by atoms with E-state index in [0.29, 0.717) is 19.3 Å². The maximum absolute atomic E-state index is 11.4. The van der Waals surface area contributed by atoms with Gasteiger partial charge in [0.1, 0.15) is 0 Å². The molecule has 1 aromatic heterocycles. The van der Waals surface area contributed by atoms with E-state index in [4.69, 9.17) is 9.47 Å². The number of carbonyl (C=O) groups excluding carboxylic acids is 2. The molecule has 0 aliphatic heterocycles. The van der Waals surface area contributed by atoms with Crippen LogP contribution in [0.15, 0.2) is 24.4 Å². The van der Waals surface area contributed by atoms with Gasteiger partial charge in [-0.25, -0.2) is 0 Å². The van der Waals surface area contributed by atoms with Crippen LogP contribution < -0.4 is 0 Å². The summed E-state index contributed by atoms with van der Waals surface area (Å²) in [5, 5.41) is 0. The zero-order valence-corrected chi connectivity index (χ0v) is 12.5. The van der Waals surface area contributed by atoms with Crippen molar-refractivity contribution in [2.24, 2.45) is 0 Å². The van der Waals surface area contributed by atoms with Crippen molar-refractivity contribution < 1.29 is 19.1 Å². The third-order valence-electron chi connectivity index (χ3n) is 2.62. The number of nitrogens with zero attached hydrogens (tertiary/aromatic N) is 1. The summed E-state index contributed by atoms with van der Waals surface area (Å²) < 4.78 is 9.75. The first-order valence-corrected chi connectivity index (χ1v) is 6.96. The lowest BCUT2D eigenvalue weighted by Crippen LogP contribution is -2.08. The van der Waals surface area contributed by atoms with Gasteiger partial charge in [-0.05, 0) is 25.0 Å². The maximum atomic E-state index is 11.4. The van der Waals surface area contributed by atoms with Crippen molar-refractivity contribution in [1.29, 1.82) is 0 Å². The van der Waals surface area contributed by atoms with E-state index in [-0.39, 0.29) is 25.2 Å². The normalized spacial score (nSPS) is 10.6. The Bertz CT molecular complexity index is 480. The number of hydrogen-bond donors (Lipinski definition) is 0. The highest BCUT2D eigenvalue weighted by Gasteiger charge is 2.01. The molecule has 21 heavy (non-hydrogen) atoms. The second-order valence-corrected chi connectivity index (χ2v) is 4.59. The Labute approximate surface area is 125 Å². The number of ether oxygens (including phenoxy) is 2. The molecule has 0 atom stereocenters. The smallest absolute Gasteiger partial charge is 0.306 e. The molecule has 0 bridgehead atoms. The first-order valence-electron chi connectivity index (χ1n) is 6.96. The number of pyridine rings is 1. The predicted molar refractivity (Wildman–Crippen MR) is 79.5 cm³/mol. The summed E-state index contributed by atoms with van der Waals surface area (Å²) >= 11 is 0. The van der Waals surface area contributed by atoms with Gasteiger partial charge in [0, 0.05) is 31.7 Å². The van der Waals surface area contributed by atoms with Gasteiger partial charge >= 0.3 is 11.9 Å². The molecule has 5 nitrogen and oxygen atoms in total. The van der Waals surface area contributed by atoms with Gasteiger partial charge in [-0.15, -0.1) is 0 Å². The minimum absolute atomic E-state index is 0.246. The van der Waals surface area contributed by atoms with Gasteiger partial charge in [-0.2, -0.15) is 0 Å². The van der Waals surface area contributed by atoms with E-state index in [1.165, 1.54) is 6.92 Å². The summed E-state index contributed by atoms with van der Waals surface area (Å²) in [4.78, 5) is 26.1. The standard InChI is InChI=1S/C16H21NO4/c1-13-8-9-15(12-17-13)6-3-4-7-16(19)21-11-5-10-20-14(2)18/h3,6,8-9,12H,4-5,7,10-11H2,1-2H3/b6-3+. The van der Waals surface area contributed by atoms with Gasteiger partial charge in [0.25, 0.3) is 0 Å². The summed E-state index contributed by atoms with van der Waals surface area (Å²) in [7, 11) is 0. The Morgan fingerprint density at radius 2 is 2.00 bits per heavy atom. The van der Waals surface area contributed by atoms with E-state index in [1.807, 2.05) is 31.2 Å². The number of allylic oxidation sites excluding steroid dienone is 1. The van der Waals surface area contributed by atoms with Crippen molar-refractivity contribution in [1.82, 2.24) is 4.98 Å². The van der Waals surface area contributed by atoms with Crippen molar-refractivity contribution >= 4 is 18.0 Å². The topological polar surface area (TPSA) is 65.5 Å². The van der Waals surface area contributed by atoms with Gasteiger partial charge in [0.05, 0.1) is 13.2 Å². The SMILES string of the molecule is CC(=O)OCCCOC(=O)CC/C=C/c1ccc(C)nc1. The van der Waals surface area contributed by atoms with Crippen LogP contribution in [0.25, 0.3) is 6.08 Å². The molecule has 0 spiro atoms. The first kappa shape index (κ1) is 16.9. The molecule has 0 aliphatic rings. The molecule has 0 amide bonds. The Morgan fingerprint density at radius 1 is 1.24 bits per heavy atom. The van der Waals surface area contributed by atoms with Crippen molar-refractivity contribution in [3.05, 3.63) is 35.7 Å². The average molecular weight is 291 g/mol. The third-order valence-corrected chi connectivity index (χ3v) is 2.62. The Kier molecular flexibility index (Phi) is 7.79.